The van der Waals surface area contributed by atoms with E-state index >= 15 is 0 Å². The van der Waals surface area contributed by atoms with Crippen molar-refractivity contribution in [3.05, 3.63) is 60.7 Å². The fourth-order valence-corrected chi connectivity index (χ4v) is 3.26. The van der Waals surface area contributed by atoms with Crippen LogP contribution in [0.25, 0.3) is 10.8 Å². The number of thioether (sulfide) groups is 1. The number of rotatable bonds is 6. The summed E-state index contributed by atoms with van der Waals surface area (Å²) in [7, 11) is 3.28. The molecule has 0 aliphatic heterocycles. The van der Waals surface area contributed by atoms with E-state index in [9.17, 15) is 4.79 Å². The van der Waals surface area contributed by atoms with Crippen molar-refractivity contribution in [2.45, 2.75) is 4.90 Å². The van der Waals surface area contributed by atoms with Crippen LogP contribution in [0, 0.1) is 0 Å². The highest BCUT2D eigenvalue weighted by Crippen LogP contribution is 2.31. The fraction of sp³-hybridized carbons (Fsp3) is 0.150. The maximum absolute atomic E-state index is 12.3. The number of nitrogens with one attached hydrogen (secondary N) is 1. The maximum Gasteiger partial charge on any atom is 0.234 e. The molecular formula is C20H19NO3S. The first-order valence-corrected chi connectivity index (χ1v) is 8.82. The summed E-state index contributed by atoms with van der Waals surface area (Å²) >= 11 is 1.49. The molecule has 0 bridgehead atoms. The normalized spacial score (nSPS) is 10.5. The second-order valence-electron chi connectivity index (χ2n) is 5.37. The van der Waals surface area contributed by atoms with Crippen LogP contribution in [0.15, 0.2) is 65.6 Å². The van der Waals surface area contributed by atoms with Crippen LogP contribution in [0.4, 0.5) is 5.69 Å². The molecule has 0 atom stereocenters. The second-order valence-corrected chi connectivity index (χ2v) is 6.42. The molecule has 0 radical (unpaired) electrons. The molecule has 0 aliphatic carbocycles. The van der Waals surface area contributed by atoms with Gasteiger partial charge in [0, 0.05) is 21.4 Å². The minimum atomic E-state index is -0.0452. The summed E-state index contributed by atoms with van der Waals surface area (Å²) in [6.07, 6.45) is 0. The molecular weight excluding hydrogens is 334 g/mol. The number of carbonyl (C=O) groups excluding carboxylic acids is 1. The molecule has 1 amide bonds. The number of carbonyl (C=O) groups is 1. The summed E-state index contributed by atoms with van der Waals surface area (Å²) in [5.74, 6) is 1.89. The maximum atomic E-state index is 12.3. The van der Waals surface area contributed by atoms with Crippen LogP contribution in [-0.2, 0) is 4.79 Å². The Bertz CT molecular complexity index is 878. The van der Waals surface area contributed by atoms with Gasteiger partial charge in [-0.25, -0.2) is 0 Å². The minimum absolute atomic E-state index is 0.0452. The summed E-state index contributed by atoms with van der Waals surface area (Å²) in [5.41, 5.74) is 0.789. The van der Waals surface area contributed by atoms with Gasteiger partial charge in [-0.15, -0.1) is 11.8 Å². The molecule has 5 heteroatoms. The lowest BCUT2D eigenvalue weighted by atomic mass is 10.1. The number of benzene rings is 3. The van der Waals surface area contributed by atoms with Crippen LogP contribution in [0.1, 0.15) is 0 Å². The Kier molecular flexibility index (Phi) is 5.46. The van der Waals surface area contributed by atoms with Gasteiger partial charge in [0.15, 0.2) is 0 Å². The van der Waals surface area contributed by atoms with E-state index < -0.39 is 0 Å². The number of hydrogen-bond donors (Lipinski definition) is 1. The first-order valence-electron chi connectivity index (χ1n) is 7.83. The molecule has 0 fully saturated rings. The monoisotopic (exact) mass is 353 g/mol. The Morgan fingerprint density at radius 1 is 0.920 bits per heavy atom. The molecule has 1 N–H and O–H groups in total. The highest BCUT2D eigenvalue weighted by Gasteiger charge is 2.09. The molecule has 0 spiro atoms. The SMILES string of the molecule is COc1ccc(SCC(=O)Nc2ccc(OC)c3ccccc23)cc1. The van der Waals surface area contributed by atoms with Crippen molar-refractivity contribution in [1.29, 1.82) is 0 Å². The van der Waals surface area contributed by atoms with E-state index in [1.165, 1.54) is 11.8 Å². The molecule has 3 aromatic rings. The van der Waals surface area contributed by atoms with Crippen molar-refractivity contribution < 1.29 is 14.3 Å². The molecule has 0 saturated carbocycles. The van der Waals surface area contributed by atoms with Crippen LogP contribution >= 0.6 is 11.8 Å². The molecule has 4 nitrogen and oxygen atoms in total. The van der Waals surface area contributed by atoms with Gasteiger partial charge in [-0.2, -0.15) is 0 Å². The summed E-state index contributed by atoms with van der Waals surface area (Å²) < 4.78 is 10.5. The van der Waals surface area contributed by atoms with E-state index in [-0.39, 0.29) is 5.91 Å². The van der Waals surface area contributed by atoms with E-state index in [4.69, 9.17) is 9.47 Å². The van der Waals surface area contributed by atoms with Gasteiger partial charge in [-0.3, -0.25) is 4.79 Å². The number of methoxy groups -OCH3 is 2. The van der Waals surface area contributed by atoms with Gasteiger partial charge >= 0.3 is 0 Å². The second kappa shape index (κ2) is 7.94. The molecule has 25 heavy (non-hydrogen) atoms. The first-order chi connectivity index (χ1) is 12.2. The van der Waals surface area contributed by atoms with Gasteiger partial charge in [0.2, 0.25) is 5.91 Å². The lowest BCUT2D eigenvalue weighted by Crippen LogP contribution is -2.14. The Hall–Kier alpha value is -2.66. The number of fused-ring (bicyclic) bond motifs is 1. The fourth-order valence-electron chi connectivity index (χ4n) is 2.57. The van der Waals surface area contributed by atoms with Crippen LogP contribution in [0.2, 0.25) is 0 Å². The highest BCUT2D eigenvalue weighted by atomic mass is 32.2. The van der Waals surface area contributed by atoms with Crippen molar-refractivity contribution >= 4 is 34.1 Å². The lowest BCUT2D eigenvalue weighted by Gasteiger charge is -2.11. The van der Waals surface area contributed by atoms with E-state index in [1.54, 1.807) is 14.2 Å². The predicted molar refractivity (Wildman–Crippen MR) is 103 cm³/mol. The van der Waals surface area contributed by atoms with Gasteiger partial charge < -0.3 is 14.8 Å². The molecule has 0 aromatic heterocycles. The predicted octanol–water partition coefficient (Wildman–Crippen LogP) is 4.59. The lowest BCUT2D eigenvalue weighted by molar-refractivity contribution is -0.113. The molecule has 0 heterocycles. The Balaban J connectivity index is 1.69. The summed E-state index contributed by atoms with van der Waals surface area (Å²) in [6.45, 7) is 0. The van der Waals surface area contributed by atoms with Gasteiger partial charge in [0.25, 0.3) is 0 Å². The third kappa shape index (κ3) is 4.06. The van der Waals surface area contributed by atoms with Crippen molar-refractivity contribution in [2.24, 2.45) is 0 Å². The van der Waals surface area contributed by atoms with Gasteiger partial charge in [0.05, 0.1) is 20.0 Å². The Morgan fingerprint density at radius 3 is 2.32 bits per heavy atom. The molecule has 128 valence electrons. The van der Waals surface area contributed by atoms with Crippen molar-refractivity contribution in [3.8, 4) is 11.5 Å². The van der Waals surface area contributed by atoms with Crippen LogP contribution in [0.3, 0.4) is 0 Å². The van der Waals surface area contributed by atoms with E-state index in [0.717, 1.165) is 32.9 Å². The molecule has 3 rings (SSSR count). The molecule has 0 aliphatic rings. The Labute approximate surface area is 151 Å². The third-order valence-corrected chi connectivity index (χ3v) is 4.82. The van der Waals surface area contributed by atoms with Crippen molar-refractivity contribution in [2.75, 3.05) is 25.3 Å². The van der Waals surface area contributed by atoms with Gasteiger partial charge in [-0.1, -0.05) is 24.3 Å². The summed E-state index contributed by atoms with van der Waals surface area (Å²) in [4.78, 5) is 13.3. The number of anilines is 1. The average molecular weight is 353 g/mol. The molecule has 3 aromatic carbocycles. The van der Waals surface area contributed by atoms with E-state index in [2.05, 4.69) is 5.32 Å². The smallest absolute Gasteiger partial charge is 0.234 e. The zero-order chi connectivity index (χ0) is 17.6. The van der Waals surface area contributed by atoms with Gasteiger partial charge in [0.1, 0.15) is 11.5 Å². The zero-order valence-electron chi connectivity index (χ0n) is 14.1. The zero-order valence-corrected chi connectivity index (χ0v) is 14.9. The topological polar surface area (TPSA) is 47.6 Å². The van der Waals surface area contributed by atoms with Crippen molar-refractivity contribution in [1.82, 2.24) is 0 Å². The van der Waals surface area contributed by atoms with Crippen LogP contribution in [-0.4, -0.2) is 25.9 Å². The van der Waals surface area contributed by atoms with Crippen LogP contribution in [0.5, 0.6) is 11.5 Å². The summed E-state index contributed by atoms with van der Waals surface area (Å²) in [5, 5.41) is 4.93. The van der Waals surface area contributed by atoms with E-state index in [1.807, 2.05) is 60.7 Å². The standard InChI is InChI=1S/C20H19NO3S/c1-23-14-7-9-15(10-8-14)25-13-20(22)21-18-11-12-19(24-2)17-6-4-3-5-16(17)18/h3-12H,13H2,1-2H3,(H,21,22). The Morgan fingerprint density at radius 2 is 1.64 bits per heavy atom. The number of amides is 1. The average Bonchev–Trinajstić information content (AvgIpc) is 2.67. The third-order valence-electron chi connectivity index (χ3n) is 3.81. The van der Waals surface area contributed by atoms with Gasteiger partial charge in [-0.05, 0) is 36.4 Å². The van der Waals surface area contributed by atoms with Crippen LogP contribution < -0.4 is 14.8 Å². The minimum Gasteiger partial charge on any atom is -0.497 e. The largest absolute Gasteiger partial charge is 0.497 e. The van der Waals surface area contributed by atoms with Crippen molar-refractivity contribution in [3.63, 3.8) is 0 Å². The number of ether oxygens (including phenoxy) is 2. The highest BCUT2D eigenvalue weighted by molar-refractivity contribution is 8.00. The molecule has 0 saturated heterocycles. The first kappa shape index (κ1) is 17.2. The quantitative estimate of drug-likeness (QED) is 0.659. The molecule has 0 unspecified atom stereocenters. The van der Waals surface area contributed by atoms with E-state index in [0.29, 0.717) is 5.75 Å². The number of hydrogen-bond acceptors (Lipinski definition) is 4. The summed E-state index contributed by atoms with van der Waals surface area (Å²) in [6, 6.07) is 19.3.